The van der Waals surface area contributed by atoms with Crippen LogP contribution in [-0.4, -0.2) is 34.2 Å². The van der Waals surface area contributed by atoms with E-state index < -0.39 is 11.6 Å². The van der Waals surface area contributed by atoms with Crippen molar-refractivity contribution in [3.8, 4) is 0 Å². The quantitative estimate of drug-likeness (QED) is 0.694. The number of carboxylic acids is 1. The first-order chi connectivity index (χ1) is 9.43. The van der Waals surface area contributed by atoms with Gasteiger partial charge in [-0.2, -0.15) is 0 Å². The number of aliphatic carboxylic acids is 1. The van der Waals surface area contributed by atoms with Crippen LogP contribution in [0.15, 0.2) is 0 Å². The van der Waals surface area contributed by atoms with E-state index in [1.54, 1.807) is 0 Å². The Morgan fingerprint density at radius 3 is 2.10 bits per heavy atom. The average molecular weight is 283 g/mol. The van der Waals surface area contributed by atoms with Crippen LogP contribution in [0.4, 0.5) is 0 Å². The number of hydrogen-bond acceptors (Lipinski definition) is 3. The summed E-state index contributed by atoms with van der Waals surface area (Å²) < 4.78 is 0. The van der Waals surface area contributed by atoms with Gasteiger partial charge in [-0.1, -0.05) is 19.3 Å². The monoisotopic (exact) mass is 283 g/mol. The van der Waals surface area contributed by atoms with Gasteiger partial charge in [-0.15, -0.1) is 0 Å². The van der Waals surface area contributed by atoms with E-state index in [1.807, 2.05) is 0 Å². The summed E-state index contributed by atoms with van der Waals surface area (Å²) in [5, 5.41) is 21.8. The van der Waals surface area contributed by atoms with Crippen LogP contribution < -0.4 is 5.32 Å². The molecule has 0 spiro atoms. The second-order valence-electron chi connectivity index (χ2n) is 6.66. The summed E-state index contributed by atoms with van der Waals surface area (Å²) in [5.41, 5.74) is -1.10. The summed E-state index contributed by atoms with van der Waals surface area (Å²) >= 11 is 0. The van der Waals surface area contributed by atoms with Crippen molar-refractivity contribution in [2.45, 2.75) is 69.8 Å². The molecular formula is C15H25NO4. The van der Waals surface area contributed by atoms with Gasteiger partial charge in [-0.3, -0.25) is 9.59 Å². The Labute approximate surface area is 119 Å². The smallest absolute Gasteiger partial charge is 0.303 e. The van der Waals surface area contributed by atoms with E-state index in [1.165, 1.54) is 0 Å². The minimum atomic E-state index is -0.822. The van der Waals surface area contributed by atoms with Crippen LogP contribution >= 0.6 is 0 Å². The van der Waals surface area contributed by atoms with Gasteiger partial charge in [-0.25, -0.2) is 0 Å². The lowest BCUT2D eigenvalue weighted by molar-refractivity contribution is -0.141. The summed E-state index contributed by atoms with van der Waals surface area (Å²) in [6.07, 6.45) is 7.61. The first-order valence-electron chi connectivity index (χ1n) is 7.64. The van der Waals surface area contributed by atoms with Crippen molar-refractivity contribution in [1.29, 1.82) is 0 Å². The predicted octanol–water partition coefficient (Wildman–Crippen LogP) is 1.83. The van der Waals surface area contributed by atoms with Gasteiger partial charge in [0.05, 0.1) is 12.0 Å². The largest absolute Gasteiger partial charge is 0.481 e. The van der Waals surface area contributed by atoms with Crippen molar-refractivity contribution >= 4 is 11.9 Å². The second kappa shape index (κ2) is 6.12. The van der Waals surface area contributed by atoms with Gasteiger partial charge in [0.15, 0.2) is 0 Å². The first-order valence-corrected chi connectivity index (χ1v) is 7.64. The molecule has 0 heterocycles. The van der Waals surface area contributed by atoms with Crippen molar-refractivity contribution in [3.05, 3.63) is 0 Å². The van der Waals surface area contributed by atoms with Crippen molar-refractivity contribution in [2.75, 3.05) is 6.54 Å². The van der Waals surface area contributed by atoms with Gasteiger partial charge >= 0.3 is 5.97 Å². The summed E-state index contributed by atoms with van der Waals surface area (Å²) in [6.45, 7) is 0.301. The molecule has 5 nitrogen and oxygen atoms in total. The van der Waals surface area contributed by atoms with E-state index in [0.29, 0.717) is 6.54 Å². The molecule has 0 aromatic rings. The Morgan fingerprint density at radius 1 is 0.950 bits per heavy atom. The van der Waals surface area contributed by atoms with Crippen molar-refractivity contribution in [1.82, 2.24) is 5.32 Å². The van der Waals surface area contributed by atoms with Gasteiger partial charge in [0, 0.05) is 13.0 Å². The minimum absolute atomic E-state index is 0.0741. The summed E-state index contributed by atoms with van der Waals surface area (Å²) in [4.78, 5) is 23.1. The van der Waals surface area contributed by atoms with Crippen LogP contribution in [0.25, 0.3) is 0 Å². The molecule has 114 valence electrons. The first kappa shape index (κ1) is 15.3. The van der Waals surface area contributed by atoms with Crippen molar-refractivity contribution in [2.24, 2.45) is 5.41 Å². The Hall–Kier alpha value is -1.10. The standard InChI is InChI=1S/C15H25NO4/c17-12(16-11-15(20)7-4-8-15)9-14(10-13(18)19)5-2-1-3-6-14/h20H,1-11H2,(H,16,17)(H,18,19). The lowest BCUT2D eigenvalue weighted by atomic mass is 9.69. The third-order valence-electron chi connectivity index (χ3n) is 4.87. The Morgan fingerprint density at radius 2 is 1.60 bits per heavy atom. The molecule has 5 heteroatoms. The number of rotatable bonds is 6. The zero-order valence-electron chi connectivity index (χ0n) is 12.0. The van der Waals surface area contributed by atoms with E-state index >= 15 is 0 Å². The number of nitrogens with one attached hydrogen (secondary N) is 1. The van der Waals surface area contributed by atoms with Crippen LogP contribution in [0.2, 0.25) is 0 Å². The fraction of sp³-hybridized carbons (Fsp3) is 0.867. The van der Waals surface area contributed by atoms with E-state index in [0.717, 1.165) is 51.4 Å². The SMILES string of the molecule is O=C(O)CC1(CC(=O)NCC2(O)CCC2)CCCCC1. The fourth-order valence-corrected chi connectivity index (χ4v) is 3.47. The molecule has 0 radical (unpaired) electrons. The zero-order chi connectivity index (χ0) is 14.6. The molecule has 2 aliphatic rings. The van der Waals surface area contributed by atoms with Gasteiger partial charge in [0.1, 0.15) is 0 Å². The summed E-state index contributed by atoms with van der Waals surface area (Å²) in [7, 11) is 0. The number of carbonyl (C=O) groups is 2. The molecular weight excluding hydrogens is 258 g/mol. The van der Waals surface area contributed by atoms with Gasteiger partial charge in [-0.05, 0) is 37.5 Å². The highest BCUT2D eigenvalue weighted by Crippen LogP contribution is 2.42. The van der Waals surface area contributed by atoms with Crippen molar-refractivity contribution in [3.63, 3.8) is 0 Å². The molecule has 0 saturated heterocycles. The Balaban J connectivity index is 1.86. The Bertz CT molecular complexity index is 370. The Kier molecular flexibility index (Phi) is 4.68. The van der Waals surface area contributed by atoms with E-state index in [9.17, 15) is 14.7 Å². The number of carbonyl (C=O) groups excluding carboxylic acids is 1. The van der Waals surface area contributed by atoms with Crippen LogP contribution in [0.3, 0.4) is 0 Å². The highest BCUT2D eigenvalue weighted by atomic mass is 16.4. The maximum atomic E-state index is 12.1. The van der Waals surface area contributed by atoms with Crippen molar-refractivity contribution < 1.29 is 19.8 Å². The maximum absolute atomic E-state index is 12.1. The maximum Gasteiger partial charge on any atom is 0.303 e. The van der Waals surface area contributed by atoms with Crippen LogP contribution in [0, 0.1) is 5.41 Å². The molecule has 0 aromatic carbocycles. The number of hydrogen-bond donors (Lipinski definition) is 3. The highest BCUT2D eigenvalue weighted by Gasteiger charge is 2.38. The minimum Gasteiger partial charge on any atom is -0.481 e. The molecule has 20 heavy (non-hydrogen) atoms. The molecule has 0 atom stereocenters. The molecule has 1 amide bonds. The van der Waals surface area contributed by atoms with E-state index in [2.05, 4.69) is 5.32 Å². The molecule has 2 fully saturated rings. The molecule has 0 aromatic heterocycles. The lowest BCUT2D eigenvalue weighted by Gasteiger charge is -2.38. The van der Waals surface area contributed by atoms with E-state index in [4.69, 9.17) is 5.11 Å². The summed E-state index contributed by atoms with van der Waals surface area (Å²) in [6, 6.07) is 0. The normalized spacial score (nSPS) is 23.6. The number of amides is 1. The third-order valence-corrected chi connectivity index (χ3v) is 4.87. The molecule has 0 unspecified atom stereocenters. The average Bonchev–Trinajstić information content (AvgIpc) is 2.34. The molecule has 2 aliphatic carbocycles. The summed E-state index contributed by atoms with van der Waals surface area (Å²) in [5.74, 6) is -0.939. The third kappa shape index (κ3) is 3.95. The van der Waals surface area contributed by atoms with Crippen LogP contribution in [-0.2, 0) is 9.59 Å². The van der Waals surface area contributed by atoms with Gasteiger partial charge < -0.3 is 15.5 Å². The van der Waals surface area contributed by atoms with Crippen LogP contribution in [0.5, 0.6) is 0 Å². The molecule has 2 saturated carbocycles. The second-order valence-corrected chi connectivity index (χ2v) is 6.66. The highest BCUT2D eigenvalue weighted by molar-refractivity contribution is 5.78. The molecule has 0 aliphatic heterocycles. The van der Waals surface area contributed by atoms with Gasteiger partial charge in [0.2, 0.25) is 5.91 Å². The lowest BCUT2D eigenvalue weighted by Crippen LogP contribution is -2.48. The predicted molar refractivity (Wildman–Crippen MR) is 74.2 cm³/mol. The number of carboxylic acid groups (broad SMARTS) is 1. The molecule has 2 rings (SSSR count). The number of aliphatic hydroxyl groups is 1. The molecule has 3 N–H and O–H groups in total. The zero-order valence-corrected chi connectivity index (χ0v) is 12.0. The van der Waals surface area contributed by atoms with Crippen LogP contribution in [0.1, 0.15) is 64.2 Å². The molecule has 0 bridgehead atoms. The van der Waals surface area contributed by atoms with Gasteiger partial charge in [0.25, 0.3) is 0 Å². The van der Waals surface area contributed by atoms with E-state index in [-0.39, 0.29) is 24.2 Å². The topological polar surface area (TPSA) is 86.6 Å². The fourth-order valence-electron chi connectivity index (χ4n) is 3.47.